The Morgan fingerprint density at radius 3 is 3.00 bits per heavy atom. The van der Waals surface area contributed by atoms with Crippen LogP contribution in [0.25, 0.3) is 0 Å². The third-order valence-electron chi connectivity index (χ3n) is 2.52. The summed E-state index contributed by atoms with van der Waals surface area (Å²) in [6, 6.07) is 7.54. The first-order valence-corrected chi connectivity index (χ1v) is 7.04. The summed E-state index contributed by atoms with van der Waals surface area (Å²) in [5, 5.41) is 15.0. The number of hydrogen-bond acceptors (Lipinski definition) is 5. The molecule has 20 heavy (non-hydrogen) atoms. The Bertz CT molecular complexity index is 638. The van der Waals surface area contributed by atoms with Gasteiger partial charge in [0.15, 0.2) is 5.13 Å². The highest BCUT2D eigenvalue weighted by molar-refractivity contribution is 7.13. The van der Waals surface area contributed by atoms with Crippen molar-refractivity contribution in [2.24, 2.45) is 0 Å². The molecule has 0 atom stereocenters. The van der Waals surface area contributed by atoms with Crippen molar-refractivity contribution in [2.45, 2.75) is 13.8 Å². The van der Waals surface area contributed by atoms with E-state index in [-0.39, 0.29) is 0 Å². The van der Waals surface area contributed by atoms with Crippen LogP contribution >= 0.6 is 11.3 Å². The summed E-state index contributed by atoms with van der Waals surface area (Å²) < 4.78 is 5.64. The molecule has 0 aliphatic rings. The molecule has 0 radical (unpaired) electrons. The predicted molar refractivity (Wildman–Crippen MR) is 81.5 cm³/mol. The fraction of sp³-hybridized carbons (Fsp3) is 0.200. The van der Waals surface area contributed by atoms with Gasteiger partial charge in [-0.05, 0) is 32.1 Å². The summed E-state index contributed by atoms with van der Waals surface area (Å²) >= 11 is 1.52. The van der Waals surface area contributed by atoms with E-state index in [0.717, 1.165) is 10.8 Å². The third kappa shape index (κ3) is 3.84. The second-order valence-electron chi connectivity index (χ2n) is 4.38. The first-order chi connectivity index (χ1) is 9.69. The van der Waals surface area contributed by atoms with E-state index >= 15 is 0 Å². The van der Waals surface area contributed by atoms with Gasteiger partial charge in [-0.15, -0.1) is 11.3 Å². The molecule has 2 aromatic rings. The van der Waals surface area contributed by atoms with E-state index in [1.54, 1.807) is 12.3 Å². The molecule has 0 saturated heterocycles. The molecule has 5 heteroatoms. The molecular formula is C15H15N3OS. The van der Waals surface area contributed by atoms with E-state index in [1.165, 1.54) is 16.9 Å². The molecule has 0 amide bonds. The largest absolute Gasteiger partial charge is 0.488 e. The smallest absolute Gasteiger partial charge is 0.187 e. The van der Waals surface area contributed by atoms with Crippen LogP contribution in [0.1, 0.15) is 19.4 Å². The monoisotopic (exact) mass is 285 g/mol. The van der Waals surface area contributed by atoms with E-state index in [1.807, 2.05) is 37.4 Å². The lowest BCUT2D eigenvalue weighted by Crippen LogP contribution is -1.98. The van der Waals surface area contributed by atoms with E-state index in [2.05, 4.69) is 16.4 Å². The van der Waals surface area contributed by atoms with Gasteiger partial charge in [0.1, 0.15) is 18.4 Å². The van der Waals surface area contributed by atoms with Gasteiger partial charge in [0.25, 0.3) is 0 Å². The summed E-state index contributed by atoms with van der Waals surface area (Å²) in [6.07, 6.45) is 3.71. The Labute approximate surface area is 122 Å². The van der Waals surface area contributed by atoms with Crippen molar-refractivity contribution in [3.8, 4) is 11.8 Å². The molecule has 1 N–H and O–H groups in total. The van der Waals surface area contributed by atoms with Crippen molar-refractivity contribution in [3.63, 3.8) is 0 Å². The second-order valence-corrected chi connectivity index (χ2v) is 5.27. The average molecular weight is 285 g/mol. The molecule has 0 unspecified atom stereocenters. The Morgan fingerprint density at radius 1 is 1.50 bits per heavy atom. The van der Waals surface area contributed by atoms with Gasteiger partial charge in [-0.2, -0.15) is 5.26 Å². The minimum Gasteiger partial charge on any atom is -0.488 e. The first-order valence-electron chi connectivity index (χ1n) is 6.16. The standard InChI is InChI=1S/C15H15N3OS/c1-11(2)5-7-19-14-9-13(4-3-12(14)10-16)18-15-17-6-8-20-15/h3-6,8-9H,7H2,1-2H3,(H,17,18). The molecule has 0 fully saturated rings. The number of nitrogens with one attached hydrogen (secondary N) is 1. The van der Waals surface area contributed by atoms with E-state index in [0.29, 0.717) is 17.9 Å². The van der Waals surface area contributed by atoms with Crippen LogP contribution in [-0.2, 0) is 0 Å². The van der Waals surface area contributed by atoms with Crippen LogP contribution in [0.4, 0.5) is 10.8 Å². The number of benzene rings is 1. The second kappa shape index (κ2) is 6.73. The first kappa shape index (κ1) is 14.1. The van der Waals surface area contributed by atoms with Crippen molar-refractivity contribution in [1.29, 1.82) is 5.26 Å². The van der Waals surface area contributed by atoms with Gasteiger partial charge in [-0.25, -0.2) is 4.98 Å². The highest BCUT2D eigenvalue weighted by atomic mass is 32.1. The molecule has 1 aromatic carbocycles. The van der Waals surface area contributed by atoms with Crippen LogP contribution in [0.15, 0.2) is 41.4 Å². The van der Waals surface area contributed by atoms with Crippen LogP contribution in [-0.4, -0.2) is 11.6 Å². The van der Waals surface area contributed by atoms with Crippen LogP contribution < -0.4 is 10.1 Å². The topological polar surface area (TPSA) is 57.9 Å². The van der Waals surface area contributed by atoms with Crippen LogP contribution in [0.2, 0.25) is 0 Å². The number of rotatable bonds is 5. The maximum atomic E-state index is 9.10. The summed E-state index contributed by atoms with van der Waals surface area (Å²) in [5.41, 5.74) is 2.56. The number of hydrogen-bond donors (Lipinski definition) is 1. The molecule has 0 spiro atoms. The third-order valence-corrected chi connectivity index (χ3v) is 3.20. The van der Waals surface area contributed by atoms with Crippen molar-refractivity contribution in [3.05, 3.63) is 47.0 Å². The van der Waals surface area contributed by atoms with Gasteiger partial charge in [-0.1, -0.05) is 5.57 Å². The van der Waals surface area contributed by atoms with Gasteiger partial charge in [-0.3, -0.25) is 0 Å². The van der Waals surface area contributed by atoms with E-state index in [4.69, 9.17) is 10.00 Å². The van der Waals surface area contributed by atoms with Gasteiger partial charge in [0.2, 0.25) is 0 Å². The molecule has 2 rings (SSSR count). The maximum Gasteiger partial charge on any atom is 0.187 e. The number of nitrogens with zero attached hydrogens (tertiary/aromatic N) is 2. The van der Waals surface area contributed by atoms with Crippen LogP contribution in [0.3, 0.4) is 0 Å². The quantitative estimate of drug-likeness (QED) is 0.840. The molecular weight excluding hydrogens is 270 g/mol. The molecule has 1 heterocycles. The number of thiazole rings is 1. The molecule has 0 aliphatic carbocycles. The Balaban J connectivity index is 2.16. The molecule has 102 valence electrons. The lowest BCUT2D eigenvalue weighted by Gasteiger charge is -2.09. The lowest BCUT2D eigenvalue weighted by atomic mass is 10.2. The Kier molecular flexibility index (Phi) is 4.75. The van der Waals surface area contributed by atoms with Gasteiger partial charge in [0.05, 0.1) is 5.56 Å². The molecule has 0 bridgehead atoms. The Hall–Kier alpha value is -2.32. The number of anilines is 2. The number of allylic oxidation sites excluding steroid dienone is 1. The molecule has 4 nitrogen and oxygen atoms in total. The highest BCUT2D eigenvalue weighted by Crippen LogP contribution is 2.26. The van der Waals surface area contributed by atoms with Crippen LogP contribution in [0, 0.1) is 11.3 Å². The fourth-order valence-corrected chi connectivity index (χ4v) is 2.07. The van der Waals surface area contributed by atoms with Crippen molar-refractivity contribution in [2.75, 3.05) is 11.9 Å². The van der Waals surface area contributed by atoms with Gasteiger partial charge < -0.3 is 10.1 Å². The van der Waals surface area contributed by atoms with E-state index in [9.17, 15) is 0 Å². The van der Waals surface area contributed by atoms with Crippen molar-refractivity contribution in [1.82, 2.24) is 4.98 Å². The van der Waals surface area contributed by atoms with Gasteiger partial charge >= 0.3 is 0 Å². The zero-order valence-corrected chi connectivity index (χ0v) is 12.2. The number of nitriles is 1. The van der Waals surface area contributed by atoms with E-state index < -0.39 is 0 Å². The molecule has 1 aromatic heterocycles. The highest BCUT2D eigenvalue weighted by Gasteiger charge is 2.05. The summed E-state index contributed by atoms with van der Waals surface area (Å²) in [6.45, 7) is 4.47. The van der Waals surface area contributed by atoms with Crippen molar-refractivity contribution >= 4 is 22.2 Å². The maximum absolute atomic E-state index is 9.10. The molecule has 0 aliphatic heterocycles. The minimum atomic E-state index is 0.456. The Morgan fingerprint density at radius 2 is 2.35 bits per heavy atom. The summed E-state index contributed by atoms with van der Waals surface area (Å²) in [5.74, 6) is 0.576. The SMILES string of the molecule is CC(C)=CCOc1cc(Nc2nccs2)ccc1C#N. The zero-order chi connectivity index (χ0) is 14.4. The minimum absolute atomic E-state index is 0.456. The molecule has 0 saturated carbocycles. The lowest BCUT2D eigenvalue weighted by molar-refractivity contribution is 0.361. The average Bonchev–Trinajstić information content (AvgIpc) is 2.91. The van der Waals surface area contributed by atoms with Crippen molar-refractivity contribution < 1.29 is 4.74 Å². The number of aromatic nitrogens is 1. The summed E-state index contributed by atoms with van der Waals surface area (Å²) in [4.78, 5) is 4.16. The summed E-state index contributed by atoms with van der Waals surface area (Å²) in [7, 11) is 0. The van der Waals surface area contributed by atoms with Crippen LogP contribution in [0.5, 0.6) is 5.75 Å². The zero-order valence-electron chi connectivity index (χ0n) is 11.4. The number of ether oxygens (including phenoxy) is 1. The normalized spacial score (nSPS) is 9.65. The predicted octanol–water partition coefficient (Wildman–Crippen LogP) is 4.10. The fourth-order valence-electron chi connectivity index (χ4n) is 1.52. The van der Waals surface area contributed by atoms with Gasteiger partial charge in [0, 0.05) is 23.3 Å².